The number of nitrogens with two attached hydrogens (primary N) is 1. The number of Topliss-reactive ketones (excluding diaryl/α,β-unsaturated/α-hetero) is 1. The van der Waals surface area contributed by atoms with Crippen molar-refractivity contribution in [2.45, 2.75) is 24.5 Å². The Morgan fingerprint density at radius 2 is 0.864 bits per heavy atom. The molecule has 88 heavy (non-hydrogen) atoms. The van der Waals surface area contributed by atoms with Crippen LogP contribution in [0.3, 0.4) is 0 Å². The number of rotatable bonds is 18. The number of nitrogens with one attached hydrogen (secondary N) is 5. The smallest absolute Gasteiger partial charge is 0.744 e. The molecule has 5 aromatic carbocycles. The van der Waals surface area contributed by atoms with E-state index in [-0.39, 0.29) is 212 Å². The summed E-state index contributed by atoms with van der Waals surface area (Å²) in [5.74, 6) is -3.26. The zero-order chi connectivity index (χ0) is 60.1. The number of hydrogen-bond donors (Lipinski definition) is 6. The van der Waals surface area contributed by atoms with E-state index in [4.69, 9.17) is 28.9 Å². The van der Waals surface area contributed by atoms with Crippen molar-refractivity contribution in [2.75, 3.05) is 32.4 Å². The van der Waals surface area contributed by atoms with Crippen molar-refractivity contribution in [3.63, 3.8) is 0 Å². The van der Waals surface area contributed by atoms with Gasteiger partial charge < -0.3 is 54.3 Å². The van der Waals surface area contributed by atoms with Gasteiger partial charge in [-0.15, -0.1) is 10.2 Å². The van der Waals surface area contributed by atoms with E-state index in [0.29, 0.717) is 24.3 Å². The monoisotopic (exact) mass is 1420 g/mol. The van der Waals surface area contributed by atoms with Crippen LogP contribution in [0.25, 0.3) is 6.08 Å². The molecular weight excluding hydrogens is 1400 g/mol. The van der Waals surface area contributed by atoms with Crippen LogP contribution in [0.5, 0.6) is 0 Å². The third-order valence-corrected chi connectivity index (χ3v) is 15.8. The fourth-order valence-corrected chi connectivity index (χ4v) is 10.9. The number of aromatic nitrogens is 6. The van der Waals surface area contributed by atoms with Gasteiger partial charge in [-0.2, -0.15) is 35.0 Å². The molecule has 0 spiro atoms. The van der Waals surface area contributed by atoms with E-state index in [1.165, 1.54) is 24.3 Å². The summed E-state index contributed by atoms with van der Waals surface area (Å²) in [4.78, 5) is 31.2. The minimum absolute atomic E-state index is 0. The normalized spacial score (nSPS) is 12.9. The van der Waals surface area contributed by atoms with E-state index in [2.05, 4.69) is 66.5 Å². The number of hydrogen-bond acceptors (Lipinski definition) is 34. The van der Waals surface area contributed by atoms with Crippen LogP contribution in [0, 0.1) is 0 Å². The van der Waals surface area contributed by atoms with Crippen LogP contribution in [0.4, 0.5) is 69.3 Å². The Morgan fingerprint density at radius 3 is 1.27 bits per heavy atom. The van der Waals surface area contributed by atoms with Gasteiger partial charge in [0.05, 0.1) is 46.3 Å². The van der Waals surface area contributed by atoms with Crippen molar-refractivity contribution in [2.24, 2.45) is 15.3 Å². The molecule has 0 saturated heterocycles. The van der Waals surface area contributed by atoms with Crippen molar-refractivity contribution in [3.05, 3.63) is 118 Å². The molecule has 7 aromatic rings. The Labute approximate surface area is 640 Å². The number of fused-ring (bicyclic) bond motifs is 1. The van der Waals surface area contributed by atoms with Crippen LogP contribution in [0.1, 0.15) is 15.9 Å². The van der Waals surface area contributed by atoms with Gasteiger partial charge in [-0.1, -0.05) is 12.1 Å². The Bertz CT molecular complexity index is 4730. The summed E-state index contributed by atoms with van der Waals surface area (Å²) in [6, 6.07) is 14.2. The van der Waals surface area contributed by atoms with Gasteiger partial charge >= 0.3 is 177 Å². The second kappa shape index (κ2) is 32.2. The summed E-state index contributed by atoms with van der Waals surface area (Å²) in [6.07, 6.45) is 0.334. The maximum Gasteiger partial charge on any atom is 1.00 e. The summed E-state index contributed by atoms with van der Waals surface area (Å²) in [5.41, 5.74) is 0.306. The number of ketones is 1. The number of anilines is 10. The summed E-state index contributed by atoms with van der Waals surface area (Å²) < 4.78 is 220. The van der Waals surface area contributed by atoms with E-state index in [1.54, 1.807) is 0 Å². The maximum absolute atomic E-state index is 14.3. The molecule has 2 heterocycles. The fourth-order valence-electron chi connectivity index (χ4n) is 7.00. The zero-order valence-electron chi connectivity index (χ0n) is 45.3. The number of halogens is 2. The Hall–Kier alpha value is -2.36. The van der Waals surface area contributed by atoms with Crippen LogP contribution < -0.4 is 210 Å². The van der Waals surface area contributed by atoms with Gasteiger partial charge in [0, 0.05) is 22.7 Å². The molecule has 0 saturated carbocycles. The van der Waals surface area contributed by atoms with E-state index in [9.17, 15) is 82.6 Å². The van der Waals surface area contributed by atoms with E-state index in [0.717, 1.165) is 48.5 Å². The van der Waals surface area contributed by atoms with Crippen molar-refractivity contribution in [3.8, 4) is 0 Å². The molecular formula is C40H23Cl2N15Na6O19S6. The number of nitrogens with zero attached hydrogens (tertiary/aromatic N) is 9. The number of allylic oxidation sites excluding steroid dienone is 1. The van der Waals surface area contributed by atoms with Crippen LogP contribution >= 0.6 is 23.2 Å². The van der Waals surface area contributed by atoms with E-state index in [1.807, 2.05) is 5.43 Å². The topological polar surface area (TPSA) is 561 Å². The number of benzene rings is 5. The van der Waals surface area contributed by atoms with Gasteiger partial charge in [-0.25, -0.2) is 50.5 Å². The molecule has 0 radical (unpaired) electrons. The van der Waals surface area contributed by atoms with Crippen molar-refractivity contribution in [1.29, 1.82) is 0 Å². The molecule has 48 heteroatoms. The predicted octanol–water partition coefficient (Wildman–Crippen LogP) is -14.6. The van der Waals surface area contributed by atoms with Crippen molar-refractivity contribution in [1.82, 2.24) is 29.9 Å². The molecule has 0 atom stereocenters. The Kier molecular flexibility index (Phi) is 29.9. The molecule has 8 rings (SSSR count). The minimum atomic E-state index is -5.89. The molecule has 0 aliphatic heterocycles. The van der Waals surface area contributed by atoms with Gasteiger partial charge in [0.1, 0.15) is 77.8 Å². The molecule has 34 nitrogen and oxygen atoms in total. The predicted molar refractivity (Wildman–Crippen MR) is 276 cm³/mol. The molecule has 428 valence electrons. The van der Waals surface area contributed by atoms with Crippen LogP contribution in [-0.4, -0.2) is 119 Å². The molecule has 0 fully saturated rings. The van der Waals surface area contributed by atoms with Crippen LogP contribution in [-0.2, 0) is 60.7 Å². The van der Waals surface area contributed by atoms with Crippen molar-refractivity contribution >= 4 is 171 Å². The zero-order valence-corrected chi connectivity index (χ0v) is 63.7. The van der Waals surface area contributed by atoms with Gasteiger partial charge in [0.25, 0.3) is 0 Å². The fraction of sp³-hybridized carbons (Fsp3) is 0. The van der Waals surface area contributed by atoms with Gasteiger partial charge in [-0.3, -0.25) is 10.2 Å². The molecule has 2 aromatic heterocycles. The first-order valence-corrected chi connectivity index (χ1v) is 30.4. The molecule has 0 unspecified atom stereocenters. The standard InChI is InChI=1S/C40H29Cl2N15O19S6.6Na/c41-35-48-37(44-18-3-1-5-22(13-18)77(59,60)61)52-39(50-35)46-20-7-9-26(79(65,66)67)24(15-20)54-56-32-28(81(71,72)73)11-17-12-29(82(74,75)76)33(34(58)30(17)31(32)43)57-55-25-16-21(8-10-27(25)80(68,69)70)47-40-51-36(42)49-38(53-40)45-19-4-2-6-23(14-19)78(62,63)64;;;;;;/h1-16,55H,43H2,(H,59,60,61)(H,62,63,64)(H,65,66,67)(H,68,69,70)(H,71,72,73)(H,74,75,76)(H2,44,46,48,50,52)(H2,45,47,49,51,53);;;;;;/q;6*+1/p-6/b56-54?,57-33-;;;;;;. The maximum atomic E-state index is 14.3. The van der Waals surface area contributed by atoms with E-state index >= 15 is 0 Å². The van der Waals surface area contributed by atoms with E-state index < -0.39 is 158 Å². The Morgan fingerprint density at radius 1 is 0.455 bits per heavy atom. The van der Waals surface area contributed by atoms with Crippen LogP contribution in [0.15, 0.2) is 136 Å². The van der Waals surface area contributed by atoms with Gasteiger partial charge in [-0.05, 0) is 114 Å². The molecule has 7 N–H and O–H groups in total. The number of carbonyl (C=O) groups excluding carboxylic acids is 1. The average molecular weight is 1420 g/mol. The first-order valence-electron chi connectivity index (χ1n) is 21.1. The summed E-state index contributed by atoms with van der Waals surface area (Å²) in [5, 5.41) is 20.1. The number of carbonyl (C=O) groups is 1. The molecule has 0 amide bonds. The number of hydrazone groups is 1. The second-order valence-corrected chi connectivity index (χ2v) is 24.7. The summed E-state index contributed by atoms with van der Waals surface area (Å²) in [7, 11) is -32.5. The average Bonchev–Trinajstić information content (AvgIpc) is 0.915. The third-order valence-electron chi connectivity index (χ3n) is 10.3. The Balaban J connectivity index is 0.00000440. The summed E-state index contributed by atoms with van der Waals surface area (Å²) >= 11 is 12.1. The van der Waals surface area contributed by atoms with Crippen LogP contribution in [0.2, 0.25) is 10.6 Å². The number of nitrogen functional groups attached to an aromatic ring is 1. The molecule has 0 bridgehead atoms. The molecule has 1 aliphatic carbocycles. The van der Waals surface area contributed by atoms with Gasteiger partial charge in [0.15, 0.2) is 0 Å². The van der Waals surface area contributed by atoms with Gasteiger partial charge in [0.2, 0.25) is 40.1 Å². The quantitative estimate of drug-likeness (QED) is 0.0153. The first kappa shape index (κ1) is 81.7. The minimum Gasteiger partial charge on any atom is -0.744 e. The largest absolute Gasteiger partial charge is 1.00 e. The van der Waals surface area contributed by atoms with Crippen molar-refractivity contribution < 1.29 is 260 Å². The summed E-state index contributed by atoms with van der Waals surface area (Å²) in [6.45, 7) is 0. The third kappa shape index (κ3) is 20.8. The number of azo groups is 1. The first-order chi connectivity index (χ1) is 38.0. The second-order valence-electron chi connectivity index (χ2n) is 15.9. The molecule has 1 aliphatic rings. The SMILES string of the molecule is Nc1c(N=Nc2cc(Nc3nc(Cl)nc(Nc4cccc(S(=O)(=O)[O-])c4)n3)ccc2S(=O)(=O)[O-])c(S(=O)(=O)[O-])cc2c1C(=O)/C(=N\Nc1cc(Nc3nc(Cl)nc(Nc4cccc(S(=O)(=O)[O-])c4)n3)ccc1S(=O)(=O)[O-])C(S(=O)(=O)[O-])=C2.[Na+].[Na+].[Na+].[Na+].[Na+].[Na+].